The Balaban J connectivity index is 1.98. The van der Waals surface area contributed by atoms with Crippen LogP contribution in [0.5, 0.6) is 0 Å². The monoisotopic (exact) mass is 304 g/mol. The van der Waals surface area contributed by atoms with Crippen molar-refractivity contribution in [3.63, 3.8) is 0 Å². The molecule has 2 amide bonds. The van der Waals surface area contributed by atoms with E-state index in [1.165, 1.54) is 0 Å². The van der Waals surface area contributed by atoms with Crippen LogP contribution in [0.2, 0.25) is 0 Å². The highest BCUT2D eigenvalue weighted by Crippen LogP contribution is 2.36. The Morgan fingerprint density at radius 1 is 1.14 bits per heavy atom. The molecular formula is C16H20N2O2S. The fourth-order valence-electron chi connectivity index (χ4n) is 3.38. The van der Waals surface area contributed by atoms with Gasteiger partial charge in [-0.2, -0.15) is 0 Å². The topological polar surface area (TPSA) is 49.4 Å². The number of anilines is 1. The van der Waals surface area contributed by atoms with Crippen molar-refractivity contribution in [3.05, 3.63) is 24.3 Å². The number of amides is 2. The predicted molar refractivity (Wildman–Crippen MR) is 84.5 cm³/mol. The SMILES string of the molecule is CSc1ccccc1N1CC(=O)NC2(CCCCC2)C1=O. The molecule has 1 heterocycles. The first-order chi connectivity index (χ1) is 10.2. The van der Waals surface area contributed by atoms with Crippen LogP contribution in [0.15, 0.2) is 29.2 Å². The van der Waals surface area contributed by atoms with Gasteiger partial charge in [0.05, 0.1) is 5.69 Å². The Morgan fingerprint density at radius 3 is 2.57 bits per heavy atom. The first-order valence-corrected chi connectivity index (χ1v) is 8.65. The van der Waals surface area contributed by atoms with Gasteiger partial charge in [0.2, 0.25) is 5.91 Å². The predicted octanol–water partition coefficient (Wildman–Crippen LogP) is 2.57. The number of hydrogen-bond donors (Lipinski definition) is 1. The van der Waals surface area contributed by atoms with Gasteiger partial charge in [-0.05, 0) is 31.2 Å². The van der Waals surface area contributed by atoms with E-state index in [2.05, 4.69) is 5.32 Å². The summed E-state index contributed by atoms with van der Waals surface area (Å²) in [6, 6.07) is 7.80. The number of piperazine rings is 1. The van der Waals surface area contributed by atoms with Crippen LogP contribution in [-0.2, 0) is 9.59 Å². The summed E-state index contributed by atoms with van der Waals surface area (Å²) in [5.41, 5.74) is 0.189. The number of thioether (sulfide) groups is 1. The molecule has 2 aliphatic rings. The van der Waals surface area contributed by atoms with Crippen molar-refractivity contribution in [2.24, 2.45) is 0 Å². The summed E-state index contributed by atoms with van der Waals surface area (Å²) in [4.78, 5) is 27.9. The van der Waals surface area contributed by atoms with E-state index < -0.39 is 5.54 Å². The van der Waals surface area contributed by atoms with Crippen LogP contribution in [-0.4, -0.2) is 30.2 Å². The Kier molecular flexibility index (Phi) is 3.93. The number of carbonyl (C=O) groups excluding carboxylic acids is 2. The molecule has 0 atom stereocenters. The zero-order chi connectivity index (χ0) is 14.9. The van der Waals surface area contributed by atoms with Crippen LogP contribution in [0.25, 0.3) is 0 Å². The first-order valence-electron chi connectivity index (χ1n) is 7.42. The highest BCUT2D eigenvalue weighted by atomic mass is 32.2. The normalized spacial score (nSPS) is 21.5. The molecule has 1 saturated heterocycles. The van der Waals surface area contributed by atoms with E-state index in [9.17, 15) is 9.59 Å². The van der Waals surface area contributed by atoms with E-state index in [1.807, 2.05) is 30.5 Å². The second-order valence-electron chi connectivity index (χ2n) is 5.75. The maximum atomic E-state index is 13.0. The fraction of sp³-hybridized carbons (Fsp3) is 0.500. The van der Waals surface area contributed by atoms with Gasteiger partial charge in [0, 0.05) is 4.90 Å². The zero-order valence-electron chi connectivity index (χ0n) is 12.2. The zero-order valence-corrected chi connectivity index (χ0v) is 13.0. The molecule has 1 aromatic rings. The fourth-order valence-corrected chi connectivity index (χ4v) is 3.98. The maximum Gasteiger partial charge on any atom is 0.253 e. The minimum absolute atomic E-state index is 0.0487. The number of carbonyl (C=O) groups is 2. The molecule has 1 aromatic carbocycles. The lowest BCUT2D eigenvalue weighted by Gasteiger charge is -2.44. The average molecular weight is 304 g/mol. The van der Waals surface area contributed by atoms with E-state index in [1.54, 1.807) is 16.7 Å². The van der Waals surface area contributed by atoms with Gasteiger partial charge in [-0.3, -0.25) is 14.5 Å². The highest BCUT2D eigenvalue weighted by Gasteiger charge is 2.47. The van der Waals surface area contributed by atoms with Crippen molar-refractivity contribution in [1.82, 2.24) is 5.32 Å². The van der Waals surface area contributed by atoms with Gasteiger partial charge in [0.1, 0.15) is 12.1 Å². The summed E-state index contributed by atoms with van der Waals surface area (Å²) in [5, 5.41) is 2.98. The van der Waals surface area contributed by atoms with Crippen molar-refractivity contribution >= 4 is 29.3 Å². The van der Waals surface area contributed by atoms with Gasteiger partial charge in [-0.25, -0.2) is 0 Å². The largest absolute Gasteiger partial charge is 0.340 e. The first kappa shape index (κ1) is 14.4. The number of rotatable bonds is 2. The summed E-state index contributed by atoms with van der Waals surface area (Å²) in [7, 11) is 0. The van der Waals surface area contributed by atoms with Crippen molar-refractivity contribution in [2.75, 3.05) is 17.7 Å². The van der Waals surface area contributed by atoms with Gasteiger partial charge in [-0.15, -0.1) is 11.8 Å². The molecule has 3 rings (SSSR count). The minimum atomic E-state index is -0.668. The second kappa shape index (κ2) is 5.72. The molecule has 0 radical (unpaired) electrons. The van der Waals surface area contributed by atoms with E-state index >= 15 is 0 Å². The molecule has 0 aromatic heterocycles. The third-order valence-electron chi connectivity index (χ3n) is 4.42. The molecule has 2 fully saturated rings. The standard InChI is InChI=1S/C16H20N2O2S/c1-21-13-8-4-3-7-12(13)18-11-14(19)17-16(15(18)20)9-5-2-6-10-16/h3-4,7-8H,2,5-6,9-11H2,1H3,(H,17,19). The number of hydrogen-bond acceptors (Lipinski definition) is 3. The molecular weight excluding hydrogens is 284 g/mol. The quantitative estimate of drug-likeness (QED) is 0.854. The van der Waals surface area contributed by atoms with Crippen molar-refractivity contribution in [3.8, 4) is 0 Å². The van der Waals surface area contributed by atoms with Gasteiger partial charge < -0.3 is 5.32 Å². The van der Waals surface area contributed by atoms with E-state index in [4.69, 9.17) is 0 Å². The van der Waals surface area contributed by atoms with E-state index in [-0.39, 0.29) is 18.4 Å². The number of nitrogens with one attached hydrogen (secondary N) is 1. The lowest BCUT2D eigenvalue weighted by molar-refractivity contribution is -0.137. The number of benzene rings is 1. The molecule has 1 saturated carbocycles. The third-order valence-corrected chi connectivity index (χ3v) is 5.20. The Morgan fingerprint density at radius 2 is 1.86 bits per heavy atom. The van der Waals surface area contributed by atoms with Gasteiger partial charge >= 0.3 is 0 Å². The molecule has 1 spiro atoms. The van der Waals surface area contributed by atoms with Crippen LogP contribution in [0.4, 0.5) is 5.69 Å². The molecule has 21 heavy (non-hydrogen) atoms. The van der Waals surface area contributed by atoms with Crippen molar-refractivity contribution < 1.29 is 9.59 Å². The molecule has 1 aliphatic carbocycles. The smallest absolute Gasteiger partial charge is 0.253 e. The highest BCUT2D eigenvalue weighted by molar-refractivity contribution is 7.98. The van der Waals surface area contributed by atoms with Crippen molar-refractivity contribution in [1.29, 1.82) is 0 Å². The average Bonchev–Trinajstić information content (AvgIpc) is 2.52. The summed E-state index contributed by atoms with van der Waals surface area (Å²) in [6.07, 6.45) is 6.66. The summed E-state index contributed by atoms with van der Waals surface area (Å²) in [5.74, 6) is 0.00991. The third kappa shape index (κ3) is 2.55. The molecule has 112 valence electrons. The van der Waals surface area contributed by atoms with Gasteiger partial charge in [0.25, 0.3) is 5.91 Å². The minimum Gasteiger partial charge on any atom is -0.340 e. The van der Waals surface area contributed by atoms with Crippen LogP contribution < -0.4 is 10.2 Å². The number of para-hydroxylation sites is 1. The lowest BCUT2D eigenvalue weighted by atomic mass is 9.79. The second-order valence-corrected chi connectivity index (χ2v) is 6.60. The van der Waals surface area contributed by atoms with E-state index in [0.717, 1.165) is 42.7 Å². The maximum absolute atomic E-state index is 13.0. The summed E-state index contributed by atoms with van der Waals surface area (Å²) >= 11 is 1.60. The van der Waals surface area contributed by atoms with Crippen molar-refractivity contribution in [2.45, 2.75) is 42.5 Å². The molecule has 0 unspecified atom stereocenters. The Labute approximate surface area is 129 Å². The van der Waals surface area contributed by atoms with E-state index in [0.29, 0.717) is 0 Å². The molecule has 4 nitrogen and oxygen atoms in total. The van der Waals surface area contributed by atoms with Crippen LogP contribution in [0.3, 0.4) is 0 Å². The Hall–Kier alpha value is -1.49. The molecule has 0 bridgehead atoms. The molecule has 5 heteroatoms. The van der Waals surface area contributed by atoms with Gasteiger partial charge in [0.15, 0.2) is 0 Å². The molecule has 1 aliphatic heterocycles. The number of nitrogens with zero attached hydrogens (tertiary/aromatic N) is 1. The molecule has 1 N–H and O–H groups in total. The Bertz CT molecular complexity index is 567. The summed E-state index contributed by atoms with van der Waals surface area (Å²) in [6.45, 7) is 0.123. The van der Waals surface area contributed by atoms with Crippen LogP contribution in [0.1, 0.15) is 32.1 Å². The lowest BCUT2D eigenvalue weighted by Crippen LogP contribution is -2.67. The van der Waals surface area contributed by atoms with Gasteiger partial charge in [-0.1, -0.05) is 31.4 Å². The summed E-state index contributed by atoms with van der Waals surface area (Å²) < 4.78 is 0. The van der Waals surface area contributed by atoms with Crippen LogP contribution in [0, 0.1) is 0 Å². The van der Waals surface area contributed by atoms with Crippen LogP contribution >= 0.6 is 11.8 Å².